The molecule has 0 amide bonds. The summed E-state index contributed by atoms with van der Waals surface area (Å²) in [5, 5.41) is 0. The number of hydrogen-bond acceptors (Lipinski definition) is 1. The van der Waals surface area contributed by atoms with E-state index in [9.17, 15) is 0 Å². The summed E-state index contributed by atoms with van der Waals surface area (Å²) in [6, 6.07) is 6.82. The van der Waals surface area contributed by atoms with Crippen LogP contribution in [0, 0.1) is 13.8 Å². The lowest BCUT2D eigenvalue weighted by molar-refractivity contribution is 0.949. The molecule has 0 atom stereocenters. The smallest absolute Gasteiger partial charge is 0.0371 e. The van der Waals surface area contributed by atoms with Crippen molar-refractivity contribution < 1.29 is 0 Å². The number of benzene rings is 1. The molecule has 1 heteroatoms. The minimum absolute atomic E-state index is 1.24. The van der Waals surface area contributed by atoms with Gasteiger partial charge in [-0.3, -0.25) is 0 Å². The third kappa shape index (κ3) is 1.85. The molecule has 0 aromatic heterocycles. The van der Waals surface area contributed by atoms with E-state index >= 15 is 0 Å². The van der Waals surface area contributed by atoms with Crippen molar-refractivity contribution in [1.29, 1.82) is 0 Å². The third-order valence-corrected chi connectivity index (χ3v) is 2.68. The molecule has 1 aromatic rings. The molecule has 2 rings (SSSR count). The lowest BCUT2D eigenvalue weighted by Crippen LogP contribution is -2.17. The Balaban J connectivity index is 2.28. The maximum Gasteiger partial charge on any atom is 0.0371 e. The molecular weight excluding hydrogens is 158 g/mol. The molecule has 0 unspecified atom stereocenters. The number of aryl methyl sites for hydroxylation is 2. The molecule has 1 fully saturated rings. The van der Waals surface area contributed by atoms with Crippen LogP contribution < -0.4 is 4.90 Å². The van der Waals surface area contributed by atoms with E-state index in [4.69, 9.17) is 0 Å². The summed E-state index contributed by atoms with van der Waals surface area (Å²) in [7, 11) is 0. The van der Waals surface area contributed by atoms with E-state index in [-0.39, 0.29) is 0 Å². The maximum absolute atomic E-state index is 2.49. The van der Waals surface area contributed by atoms with Crippen molar-refractivity contribution in [2.24, 2.45) is 0 Å². The molecule has 0 aliphatic carbocycles. The van der Waals surface area contributed by atoms with Crippen LogP contribution in [0.2, 0.25) is 0 Å². The van der Waals surface area contributed by atoms with E-state index in [1.165, 1.54) is 42.7 Å². The normalized spacial score (nSPS) is 16.6. The highest BCUT2D eigenvalue weighted by molar-refractivity contribution is 5.51. The first-order chi connectivity index (χ1) is 6.25. The van der Waals surface area contributed by atoms with E-state index in [2.05, 4.69) is 36.9 Å². The molecule has 1 nitrogen and oxygen atoms in total. The van der Waals surface area contributed by atoms with Crippen LogP contribution in [0.15, 0.2) is 18.2 Å². The fourth-order valence-corrected chi connectivity index (χ4v) is 2.11. The zero-order valence-corrected chi connectivity index (χ0v) is 8.51. The van der Waals surface area contributed by atoms with Crippen molar-refractivity contribution in [2.45, 2.75) is 26.7 Å². The molecular formula is C12H17N. The molecule has 0 radical (unpaired) electrons. The second-order valence-corrected chi connectivity index (χ2v) is 4.04. The van der Waals surface area contributed by atoms with Crippen LogP contribution >= 0.6 is 0 Å². The number of anilines is 1. The first kappa shape index (κ1) is 8.61. The monoisotopic (exact) mass is 175 g/mol. The number of hydrogen-bond donors (Lipinski definition) is 0. The van der Waals surface area contributed by atoms with Crippen molar-refractivity contribution >= 4 is 5.69 Å². The highest BCUT2D eigenvalue weighted by Crippen LogP contribution is 2.22. The van der Waals surface area contributed by atoms with E-state index in [0.717, 1.165) is 0 Å². The summed E-state index contributed by atoms with van der Waals surface area (Å²) in [6.07, 6.45) is 2.71. The fourth-order valence-electron chi connectivity index (χ4n) is 2.11. The first-order valence-corrected chi connectivity index (χ1v) is 5.09. The van der Waals surface area contributed by atoms with Gasteiger partial charge in [0.15, 0.2) is 0 Å². The second kappa shape index (κ2) is 3.41. The van der Waals surface area contributed by atoms with Gasteiger partial charge in [-0.15, -0.1) is 0 Å². The molecule has 1 heterocycles. The van der Waals surface area contributed by atoms with Crippen LogP contribution in [0.3, 0.4) is 0 Å². The molecule has 1 saturated heterocycles. The minimum atomic E-state index is 1.24. The zero-order valence-electron chi connectivity index (χ0n) is 8.51. The minimum Gasteiger partial charge on any atom is -0.372 e. The Kier molecular flexibility index (Phi) is 2.26. The third-order valence-electron chi connectivity index (χ3n) is 2.68. The highest BCUT2D eigenvalue weighted by atomic mass is 15.1. The largest absolute Gasteiger partial charge is 0.372 e. The van der Waals surface area contributed by atoms with Gasteiger partial charge in [0.05, 0.1) is 0 Å². The summed E-state index contributed by atoms with van der Waals surface area (Å²) in [5.74, 6) is 0. The van der Waals surface area contributed by atoms with E-state index in [1.807, 2.05) is 0 Å². The average molecular weight is 175 g/mol. The van der Waals surface area contributed by atoms with Crippen LogP contribution in [0.1, 0.15) is 24.0 Å². The van der Waals surface area contributed by atoms with Crippen LogP contribution in [0.25, 0.3) is 0 Å². The Labute approximate surface area is 80.4 Å². The maximum atomic E-state index is 2.49. The molecule has 0 saturated carbocycles. The molecule has 0 N–H and O–H groups in total. The van der Waals surface area contributed by atoms with Gasteiger partial charge >= 0.3 is 0 Å². The Morgan fingerprint density at radius 1 is 0.923 bits per heavy atom. The van der Waals surface area contributed by atoms with Gasteiger partial charge in [-0.1, -0.05) is 6.07 Å². The molecule has 13 heavy (non-hydrogen) atoms. The predicted octanol–water partition coefficient (Wildman–Crippen LogP) is 2.90. The van der Waals surface area contributed by atoms with Crippen LogP contribution in [0.4, 0.5) is 5.69 Å². The SMILES string of the molecule is Cc1cc(C)cc(N2CCCC2)c1. The van der Waals surface area contributed by atoms with Gasteiger partial charge in [0.1, 0.15) is 0 Å². The standard InChI is InChI=1S/C12H17N/c1-10-7-11(2)9-12(8-10)13-5-3-4-6-13/h7-9H,3-6H2,1-2H3. The Morgan fingerprint density at radius 2 is 1.46 bits per heavy atom. The number of rotatable bonds is 1. The van der Waals surface area contributed by atoms with Gasteiger partial charge in [0.25, 0.3) is 0 Å². The topological polar surface area (TPSA) is 3.24 Å². The van der Waals surface area contributed by atoms with Gasteiger partial charge < -0.3 is 4.90 Å². The highest BCUT2D eigenvalue weighted by Gasteiger charge is 2.12. The van der Waals surface area contributed by atoms with Crippen molar-refractivity contribution in [3.63, 3.8) is 0 Å². The molecule has 1 aromatic carbocycles. The predicted molar refractivity (Wildman–Crippen MR) is 57.4 cm³/mol. The van der Waals surface area contributed by atoms with Gasteiger partial charge in [0.2, 0.25) is 0 Å². The zero-order chi connectivity index (χ0) is 9.26. The Morgan fingerprint density at radius 3 is 2.00 bits per heavy atom. The fraction of sp³-hybridized carbons (Fsp3) is 0.500. The van der Waals surface area contributed by atoms with Crippen molar-refractivity contribution in [3.8, 4) is 0 Å². The van der Waals surface area contributed by atoms with Gasteiger partial charge in [0, 0.05) is 18.8 Å². The summed E-state index contributed by atoms with van der Waals surface area (Å²) in [4.78, 5) is 2.49. The summed E-state index contributed by atoms with van der Waals surface area (Å²) < 4.78 is 0. The molecule has 1 aliphatic heterocycles. The molecule has 1 aliphatic rings. The first-order valence-electron chi connectivity index (χ1n) is 5.09. The lowest BCUT2D eigenvalue weighted by atomic mass is 10.1. The Bertz CT molecular complexity index is 278. The van der Waals surface area contributed by atoms with Gasteiger partial charge in [-0.2, -0.15) is 0 Å². The van der Waals surface area contributed by atoms with Crippen LogP contribution in [0.5, 0.6) is 0 Å². The summed E-state index contributed by atoms with van der Waals surface area (Å²) >= 11 is 0. The average Bonchev–Trinajstić information content (AvgIpc) is 2.53. The molecule has 70 valence electrons. The molecule has 0 bridgehead atoms. The van der Waals surface area contributed by atoms with Crippen molar-refractivity contribution in [1.82, 2.24) is 0 Å². The lowest BCUT2D eigenvalue weighted by Gasteiger charge is -2.18. The van der Waals surface area contributed by atoms with Gasteiger partial charge in [-0.05, 0) is 49.9 Å². The number of nitrogens with zero attached hydrogens (tertiary/aromatic N) is 1. The van der Waals surface area contributed by atoms with Gasteiger partial charge in [-0.25, -0.2) is 0 Å². The summed E-state index contributed by atoms with van der Waals surface area (Å²) in [6.45, 7) is 6.82. The summed E-state index contributed by atoms with van der Waals surface area (Å²) in [5.41, 5.74) is 4.17. The van der Waals surface area contributed by atoms with Crippen molar-refractivity contribution in [3.05, 3.63) is 29.3 Å². The molecule has 0 spiro atoms. The Hall–Kier alpha value is -0.980. The van der Waals surface area contributed by atoms with E-state index in [0.29, 0.717) is 0 Å². The van der Waals surface area contributed by atoms with E-state index < -0.39 is 0 Å². The van der Waals surface area contributed by atoms with Crippen LogP contribution in [-0.2, 0) is 0 Å². The van der Waals surface area contributed by atoms with Crippen molar-refractivity contribution in [2.75, 3.05) is 18.0 Å². The van der Waals surface area contributed by atoms with Crippen LogP contribution in [-0.4, -0.2) is 13.1 Å². The quantitative estimate of drug-likeness (QED) is 0.634. The second-order valence-electron chi connectivity index (χ2n) is 4.04. The van der Waals surface area contributed by atoms with E-state index in [1.54, 1.807) is 0 Å².